The number of anilines is 2. The number of H-pyrrole nitrogens is 2. The third-order valence-corrected chi connectivity index (χ3v) is 4.61. The normalized spacial score (nSPS) is 9.96. The van der Waals surface area contributed by atoms with E-state index in [9.17, 15) is 9.81 Å². The zero-order valence-corrected chi connectivity index (χ0v) is 25.1. The second kappa shape index (κ2) is 19.3. The minimum atomic E-state index is -0.160. The molecule has 6 aromatic rings. The fourth-order valence-corrected chi connectivity index (χ4v) is 2.39. The fourth-order valence-electron chi connectivity index (χ4n) is 2.39. The van der Waals surface area contributed by atoms with Crippen molar-refractivity contribution in [2.24, 2.45) is 43.3 Å². The van der Waals surface area contributed by atoms with Crippen molar-refractivity contribution in [3.05, 3.63) is 32.6 Å². The number of tetrazole rings is 2. The first-order valence-corrected chi connectivity index (χ1v) is 12.0. The average Bonchev–Trinajstić information content (AvgIpc) is 3.90. The molecule has 6 aromatic heterocycles. The Morgan fingerprint density at radius 1 is 0.700 bits per heavy atom. The van der Waals surface area contributed by atoms with Crippen LogP contribution in [0.15, 0.2) is 38.9 Å². The van der Waals surface area contributed by atoms with Gasteiger partial charge >= 0.3 is 0 Å². The Kier molecular flexibility index (Phi) is 15.3. The van der Waals surface area contributed by atoms with Gasteiger partial charge in [-0.15, -0.1) is 10.2 Å². The van der Waals surface area contributed by atoms with Crippen molar-refractivity contribution in [3.8, 4) is 23.0 Å². The predicted molar refractivity (Wildman–Crippen MR) is 158 cm³/mol. The lowest BCUT2D eigenvalue weighted by Gasteiger charge is -1.89. The van der Waals surface area contributed by atoms with Crippen LogP contribution in [0, 0.1) is 23.7 Å². The number of nitrogen functional groups attached to an aromatic ring is 2. The van der Waals surface area contributed by atoms with E-state index in [4.69, 9.17) is 34.4 Å². The van der Waals surface area contributed by atoms with Gasteiger partial charge in [-0.1, -0.05) is 19.6 Å². The molecular weight excluding hydrogens is 684 g/mol. The first-order valence-electron chi connectivity index (χ1n) is 12.0. The largest absolute Gasteiger partial charge is 0.412 e. The summed E-state index contributed by atoms with van der Waals surface area (Å²) in [7, 11) is 0. The smallest absolute Gasteiger partial charge is 0.247 e. The van der Waals surface area contributed by atoms with Gasteiger partial charge in [-0.25, -0.2) is 9.26 Å². The molecule has 0 saturated heterocycles. The Morgan fingerprint density at radius 2 is 1.08 bits per heavy atom. The van der Waals surface area contributed by atoms with Crippen molar-refractivity contribution < 1.29 is 38.7 Å². The lowest BCUT2D eigenvalue weighted by molar-refractivity contribution is -0.718. The number of rotatable bonds is 6. The highest BCUT2D eigenvalue weighted by Crippen LogP contribution is 2.15. The van der Waals surface area contributed by atoms with E-state index in [0.717, 1.165) is 0 Å². The minimum Gasteiger partial charge on any atom is -0.412 e. The molecule has 0 radical (unpaired) electrons. The maximum atomic E-state index is 10.7. The quantitative estimate of drug-likeness (QED) is 0.0452. The summed E-state index contributed by atoms with van der Waals surface area (Å²) < 4.78 is 18.0. The van der Waals surface area contributed by atoms with Crippen LogP contribution in [0.2, 0.25) is 0 Å². The first kappa shape index (κ1) is 39.7. The van der Waals surface area contributed by atoms with Gasteiger partial charge in [-0.2, -0.15) is 20.6 Å². The van der Waals surface area contributed by atoms with Crippen molar-refractivity contribution in [2.45, 2.75) is 13.8 Å². The van der Waals surface area contributed by atoms with Crippen molar-refractivity contribution in [1.82, 2.24) is 72.2 Å². The Hall–Kier alpha value is -8.30. The molecule has 6 rings (SSSR count). The number of nitrogens with two attached hydrogens (primary N) is 6. The molecule has 0 saturated carbocycles. The summed E-state index contributed by atoms with van der Waals surface area (Å²) in [5.41, 5.74) is 32.7. The standard InChI is InChI=1S/2C5H9N6O2.2C3H2N7O.2H2O/c2*1-3-4(10-13-11(3)12)2-8-9-5(6)7;2*4-2-1(7-11-8-2)3-5-9-10-6-3;;/h2*2,10H,1H3,(H4,6,7,9);2*(H2-,4,5,6,8,9,10);2*1H2/q2*+1;2*-1;;/b2*8-2+;;;;. The van der Waals surface area contributed by atoms with Crippen molar-refractivity contribution in [1.29, 1.82) is 0 Å². The van der Waals surface area contributed by atoms with Crippen LogP contribution in [0.3, 0.4) is 0 Å². The molecule has 18 N–H and O–H groups in total. The molecule has 0 aliphatic rings. The number of hydrogen-bond acceptors (Lipinski definition) is 22. The van der Waals surface area contributed by atoms with Crippen LogP contribution in [-0.4, -0.2) is 97.3 Å². The van der Waals surface area contributed by atoms with Crippen LogP contribution >= 0.6 is 0 Å². The Balaban J connectivity index is 0.000000330. The maximum Gasteiger partial charge on any atom is 0.247 e. The van der Waals surface area contributed by atoms with Gasteiger partial charge in [0.15, 0.2) is 32.2 Å². The predicted octanol–water partition coefficient (Wildman–Crippen LogP) is -7.85. The van der Waals surface area contributed by atoms with Gasteiger partial charge in [0.05, 0.1) is 11.6 Å². The molecule has 34 heteroatoms. The summed E-state index contributed by atoms with van der Waals surface area (Å²) in [4.78, 5) is 21.4. The van der Waals surface area contributed by atoms with Gasteiger partial charge in [-0.3, -0.25) is 20.6 Å². The molecule has 34 nitrogen and oxygen atoms in total. The molecule has 0 aliphatic carbocycles. The fraction of sp³-hybridized carbons (Fsp3) is 0.125. The average molecular weight is 711 g/mol. The SMILES string of the molecule is Cc1c(/C=N/N=C(N)N)[nH]o[n+]1=O.Cc1c(/C=N/N=C(N)N)[nH]o[n+]1=O.Nc1nonc1-c1nnn[n-]1.Nc1nonc1-c1nnn[n-]1.O.O. The van der Waals surface area contributed by atoms with E-state index in [1.807, 2.05) is 0 Å². The first-order chi connectivity index (χ1) is 23.0. The summed E-state index contributed by atoms with van der Waals surface area (Å²) in [6, 6.07) is 0. The van der Waals surface area contributed by atoms with E-state index in [-0.39, 0.29) is 57.5 Å². The molecule has 50 heavy (non-hydrogen) atoms. The molecule has 0 aliphatic heterocycles. The van der Waals surface area contributed by atoms with Crippen molar-refractivity contribution in [3.63, 3.8) is 0 Å². The van der Waals surface area contributed by atoms with Crippen LogP contribution in [-0.2, 0) is 0 Å². The van der Waals surface area contributed by atoms with Crippen LogP contribution in [0.25, 0.3) is 23.0 Å². The highest BCUT2D eigenvalue weighted by Gasteiger charge is 2.12. The summed E-state index contributed by atoms with van der Waals surface area (Å²) in [6.07, 6.45) is 2.54. The number of nitrogens with one attached hydrogen (secondary N) is 2. The van der Waals surface area contributed by atoms with E-state index in [2.05, 4.69) is 111 Å². The Morgan fingerprint density at radius 3 is 1.32 bits per heavy atom. The van der Waals surface area contributed by atoms with E-state index < -0.39 is 0 Å². The van der Waals surface area contributed by atoms with Gasteiger partial charge in [0.1, 0.15) is 12.4 Å². The molecule has 0 bridgehead atoms. The summed E-state index contributed by atoms with van der Waals surface area (Å²) in [5.74, 6) is 0.354. The maximum absolute atomic E-state index is 10.7. The van der Waals surface area contributed by atoms with Crippen molar-refractivity contribution >= 4 is 36.0 Å². The topological polar surface area (TPSA) is 556 Å². The lowest BCUT2D eigenvalue weighted by atomic mass is 10.4. The molecule has 0 aromatic carbocycles. The molecular formula is C16H26N26O8. The second-order valence-corrected chi connectivity index (χ2v) is 7.84. The molecule has 0 amide bonds. The molecule has 0 atom stereocenters. The number of guanidine groups is 2. The molecule has 268 valence electrons. The van der Waals surface area contributed by atoms with Crippen molar-refractivity contribution in [2.75, 3.05) is 11.5 Å². The second-order valence-electron chi connectivity index (χ2n) is 7.84. The van der Waals surface area contributed by atoms with E-state index in [1.165, 1.54) is 12.4 Å². The number of hydrogen-bond donors (Lipinski definition) is 8. The minimum absolute atomic E-state index is 0. The third kappa shape index (κ3) is 11.6. The zero-order chi connectivity index (χ0) is 35.1. The van der Waals surface area contributed by atoms with Crippen LogP contribution in [0.4, 0.5) is 11.6 Å². The van der Waals surface area contributed by atoms with E-state index >= 15 is 0 Å². The molecule has 0 fully saturated rings. The highest BCUT2D eigenvalue weighted by molar-refractivity contribution is 5.80. The summed E-state index contributed by atoms with van der Waals surface area (Å²) in [6.45, 7) is 3.12. The molecule has 0 unspecified atom stereocenters. The van der Waals surface area contributed by atoms with Gasteiger partial charge in [0, 0.05) is 13.8 Å². The molecule has 6 heterocycles. The molecule has 0 spiro atoms. The monoisotopic (exact) mass is 710 g/mol. The van der Waals surface area contributed by atoms with Gasteiger partial charge in [0.25, 0.3) is 0 Å². The third-order valence-electron chi connectivity index (χ3n) is 4.61. The number of aromatic amines is 2. The van der Waals surface area contributed by atoms with Crippen LogP contribution < -0.4 is 53.8 Å². The number of nitrogens with zero attached hydrogens (tertiary/aromatic N) is 18. The van der Waals surface area contributed by atoms with E-state index in [1.54, 1.807) is 13.8 Å². The Labute approximate surface area is 271 Å². The van der Waals surface area contributed by atoms with Gasteiger partial charge in [0.2, 0.25) is 34.7 Å². The van der Waals surface area contributed by atoms with Gasteiger partial charge < -0.3 is 55.6 Å². The summed E-state index contributed by atoms with van der Waals surface area (Å²) >= 11 is 0. The summed E-state index contributed by atoms with van der Waals surface area (Å²) in [5, 5.41) is 58.8. The van der Waals surface area contributed by atoms with E-state index in [0.29, 0.717) is 32.0 Å². The number of aromatic nitrogens is 16. The zero-order valence-electron chi connectivity index (χ0n) is 25.1. The Bertz CT molecular complexity index is 1920. The lowest BCUT2D eigenvalue weighted by Crippen LogP contribution is -2.21. The van der Waals surface area contributed by atoms with Gasteiger partial charge in [-0.05, 0) is 30.4 Å². The highest BCUT2D eigenvalue weighted by atomic mass is 16.7. The van der Waals surface area contributed by atoms with Crippen LogP contribution in [0.1, 0.15) is 22.8 Å². The van der Waals surface area contributed by atoms with Crippen LogP contribution in [0.5, 0.6) is 0 Å².